The van der Waals surface area contributed by atoms with Gasteiger partial charge in [-0.15, -0.1) is 0 Å². The van der Waals surface area contributed by atoms with Crippen LogP contribution in [0.15, 0.2) is 42.7 Å². The van der Waals surface area contributed by atoms with Crippen LogP contribution in [0.2, 0.25) is 0 Å². The Morgan fingerprint density at radius 2 is 1.77 bits per heavy atom. The third-order valence-corrected chi connectivity index (χ3v) is 5.93. The van der Waals surface area contributed by atoms with Gasteiger partial charge in [0, 0.05) is 60.5 Å². The highest BCUT2D eigenvalue weighted by atomic mass is 15.1. The molecule has 2 aromatic heterocycles. The Bertz CT molecular complexity index is 922. The zero-order valence-corrected chi connectivity index (χ0v) is 16.4. The number of nitrogens with zero attached hydrogens (tertiary/aromatic N) is 3. The van der Waals surface area contributed by atoms with Crippen LogP contribution in [0.5, 0.6) is 0 Å². The monoisotopic (exact) mass is 347 g/mol. The lowest BCUT2D eigenvalue weighted by atomic mass is 9.85. The van der Waals surface area contributed by atoms with Gasteiger partial charge in [0.15, 0.2) is 0 Å². The van der Waals surface area contributed by atoms with Gasteiger partial charge in [-0.1, -0.05) is 25.5 Å². The summed E-state index contributed by atoms with van der Waals surface area (Å²) in [5, 5.41) is 1.46. The molecule has 0 aliphatic carbocycles. The normalized spacial score (nSPS) is 15.8. The molecule has 0 amide bonds. The molecule has 0 bridgehead atoms. The quantitative estimate of drug-likeness (QED) is 0.702. The number of aryl methyl sites for hydroxylation is 1. The lowest BCUT2D eigenvalue weighted by Crippen LogP contribution is -2.26. The van der Waals surface area contributed by atoms with Crippen molar-refractivity contribution < 1.29 is 0 Å². The highest BCUT2D eigenvalue weighted by Crippen LogP contribution is 2.34. The molecule has 0 N–H and O–H groups in total. The molecule has 26 heavy (non-hydrogen) atoms. The molecule has 0 spiro atoms. The average molecular weight is 348 g/mol. The van der Waals surface area contributed by atoms with Crippen LogP contribution in [0.3, 0.4) is 0 Å². The molecule has 1 aromatic carbocycles. The molecule has 0 saturated heterocycles. The van der Waals surface area contributed by atoms with Crippen molar-refractivity contribution in [3.8, 4) is 0 Å². The fourth-order valence-electron chi connectivity index (χ4n) is 4.34. The second-order valence-corrected chi connectivity index (χ2v) is 8.46. The third-order valence-electron chi connectivity index (χ3n) is 5.93. The molecular weight excluding hydrogens is 318 g/mol. The standard InChI is InChI=1S/C23H29N3/c1-17-5-6-21-20(15-17)19-9-13-25(4)14-10-22(19)26(21)16-23(2,3)18-7-11-24-12-8-18/h5-8,11-12,15H,9-10,13-14,16H2,1-4H3. The Labute approximate surface area is 156 Å². The predicted molar refractivity (Wildman–Crippen MR) is 109 cm³/mol. The summed E-state index contributed by atoms with van der Waals surface area (Å²) in [4.78, 5) is 6.65. The van der Waals surface area contributed by atoms with Crippen molar-refractivity contribution in [1.82, 2.24) is 14.5 Å². The molecule has 0 unspecified atom stereocenters. The first-order valence-electron chi connectivity index (χ1n) is 9.65. The van der Waals surface area contributed by atoms with Crippen molar-refractivity contribution in [2.75, 3.05) is 20.1 Å². The van der Waals surface area contributed by atoms with Gasteiger partial charge < -0.3 is 9.47 Å². The topological polar surface area (TPSA) is 21.1 Å². The Hall–Kier alpha value is -2.13. The van der Waals surface area contributed by atoms with Crippen molar-refractivity contribution in [3.63, 3.8) is 0 Å². The van der Waals surface area contributed by atoms with Crippen LogP contribution in [0.25, 0.3) is 10.9 Å². The molecule has 3 nitrogen and oxygen atoms in total. The molecule has 0 atom stereocenters. The fourth-order valence-corrected chi connectivity index (χ4v) is 4.34. The van der Waals surface area contributed by atoms with Crippen LogP contribution in [0.4, 0.5) is 0 Å². The highest BCUT2D eigenvalue weighted by molar-refractivity contribution is 5.86. The molecule has 0 fully saturated rings. The van der Waals surface area contributed by atoms with Crippen LogP contribution >= 0.6 is 0 Å². The first-order valence-corrected chi connectivity index (χ1v) is 9.65. The molecule has 0 radical (unpaired) electrons. The molecule has 3 aromatic rings. The zero-order chi connectivity index (χ0) is 18.3. The molecular formula is C23H29N3. The van der Waals surface area contributed by atoms with E-state index in [1.807, 2.05) is 12.4 Å². The average Bonchev–Trinajstić information content (AvgIpc) is 2.76. The minimum atomic E-state index is 0.0613. The third kappa shape index (κ3) is 3.05. The Morgan fingerprint density at radius 1 is 1.04 bits per heavy atom. The van der Waals surface area contributed by atoms with E-state index in [-0.39, 0.29) is 5.41 Å². The first kappa shape index (κ1) is 17.3. The molecule has 3 heterocycles. The van der Waals surface area contributed by atoms with Crippen molar-refractivity contribution >= 4 is 10.9 Å². The number of hydrogen-bond acceptors (Lipinski definition) is 2. The van der Waals surface area contributed by atoms with E-state index in [2.05, 4.69) is 72.6 Å². The van der Waals surface area contributed by atoms with Gasteiger partial charge >= 0.3 is 0 Å². The largest absolute Gasteiger partial charge is 0.343 e. The van der Waals surface area contributed by atoms with E-state index in [0.717, 1.165) is 32.5 Å². The van der Waals surface area contributed by atoms with Gasteiger partial charge in [0.1, 0.15) is 0 Å². The number of hydrogen-bond donors (Lipinski definition) is 0. The van der Waals surface area contributed by atoms with Gasteiger partial charge in [0.25, 0.3) is 0 Å². The SMILES string of the molecule is Cc1ccc2c(c1)c1c(n2CC(C)(C)c2ccncc2)CCN(C)CC1. The number of benzene rings is 1. The summed E-state index contributed by atoms with van der Waals surface area (Å²) in [6.07, 6.45) is 6.09. The minimum absolute atomic E-state index is 0.0613. The van der Waals surface area contributed by atoms with Crippen LogP contribution in [0, 0.1) is 6.92 Å². The fraction of sp³-hybridized carbons (Fsp3) is 0.435. The smallest absolute Gasteiger partial charge is 0.0485 e. The van der Waals surface area contributed by atoms with Crippen molar-refractivity contribution in [3.05, 3.63) is 65.1 Å². The molecule has 3 heteroatoms. The van der Waals surface area contributed by atoms with Gasteiger partial charge in [0.05, 0.1) is 0 Å². The summed E-state index contributed by atoms with van der Waals surface area (Å²) in [6.45, 7) is 10.2. The minimum Gasteiger partial charge on any atom is -0.343 e. The highest BCUT2D eigenvalue weighted by Gasteiger charge is 2.26. The van der Waals surface area contributed by atoms with Gasteiger partial charge in [-0.2, -0.15) is 0 Å². The van der Waals surface area contributed by atoms with Crippen LogP contribution < -0.4 is 0 Å². The van der Waals surface area contributed by atoms with Gasteiger partial charge in [0.2, 0.25) is 0 Å². The Kier molecular flexibility index (Phi) is 4.36. The van der Waals surface area contributed by atoms with Crippen molar-refractivity contribution in [1.29, 1.82) is 0 Å². The summed E-state index contributed by atoms with van der Waals surface area (Å²) in [5.41, 5.74) is 7.26. The van der Waals surface area contributed by atoms with E-state index in [1.54, 1.807) is 5.56 Å². The molecule has 1 aliphatic rings. The van der Waals surface area contributed by atoms with Gasteiger partial charge in [-0.05, 0) is 55.8 Å². The van der Waals surface area contributed by atoms with Crippen LogP contribution in [-0.4, -0.2) is 34.6 Å². The van der Waals surface area contributed by atoms with E-state index in [9.17, 15) is 0 Å². The number of pyridine rings is 1. The van der Waals surface area contributed by atoms with Crippen LogP contribution in [-0.2, 0) is 24.8 Å². The number of rotatable bonds is 3. The van der Waals surface area contributed by atoms with E-state index in [4.69, 9.17) is 0 Å². The van der Waals surface area contributed by atoms with E-state index in [1.165, 1.54) is 27.7 Å². The summed E-state index contributed by atoms with van der Waals surface area (Å²) in [5.74, 6) is 0. The summed E-state index contributed by atoms with van der Waals surface area (Å²) in [7, 11) is 2.24. The number of likely N-dealkylation sites (N-methyl/N-ethyl adjacent to an activating group) is 1. The molecule has 1 aliphatic heterocycles. The van der Waals surface area contributed by atoms with Crippen molar-refractivity contribution in [2.45, 2.75) is 45.6 Å². The number of aromatic nitrogens is 2. The van der Waals surface area contributed by atoms with Crippen LogP contribution in [0.1, 0.15) is 36.2 Å². The maximum absolute atomic E-state index is 4.19. The summed E-state index contributed by atoms with van der Waals surface area (Å²) >= 11 is 0. The lowest BCUT2D eigenvalue weighted by molar-refractivity contribution is 0.349. The maximum Gasteiger partial charge on any atom is 0.0485 e. The Morgan fingerprint density at radius 3 is 2.54 bits per heavy atom. The summed E-state index contributed by atoms with van der Waals surface area (Å²) in [6, 6.07) is 11.3. The first-order chi connectivity index (χ1) is 12.5. The number of fused-ring (bicyclic) bond motifs is 3. The molecule has 136 valence electrons. The van der Waals surface area contributed by atoms with Gasteiger partial charge in [-0.3, -0.25) is 4.98 Å². The van der Waals surface area contributed by atoms with E-state index < -0.39 is 0 Å². The second kappa shape index (κ2) is 6.55. The maximum atomic E-state index is 4.19. The molecule has 4 rings (SSSR count). The molecule has 0 saturated carbocycles. The lowest BCUT2D eigenvalue weighted by Gasteiger charge is -2.28. The summed E-state index contributed by atoms with van der Waals surface area (Å²) < 4.78 is 2.60. The van der Waals surface area contributed by atoms with Gasteiger partial charge in [-0.25, -0.2) is 0 Å². The Balaban J connectivity index is 1.84. The van der Waals surface area contributed by atoms with E-state index in [0.29, 0.717) is 0 Å². The second-order valence-electron chi connectivity index (χ2n) is 8.46. The van der Waals surface area contributed by atoms with E-state index >= 15 is 0 Å². The van der Waals surface area contributed by atoms with Crippen molar-refractivity contribution in [2.24, 2.45) is 0 Å². The predicted octanol–water partition coefficient (Wildman–Crippen LogP) is 4.35. The zero-order valence-electron chi connectivity index (χ0n) is 16.4.